The average Bonchev–Trinajstić information content (AvgIpc) is 2.36. The van der Waals surface area contributed by atoms with Crippen molar-refractivity contribution in [3.8, 4) is 0 Å². The standard InChI is InChI=1S/C12H11BrN2O2/c1-17-11(13)7-2-3-10-8(4-7)5-9(6-15-10)12(14)16/h2-6,11H,1H3,(H2,14,16). The predicted molar refractivity (Wildman–Crippen MR) is 68.9 cm³/mol. The zero-order chi connectivity index (χ0) is 12.4. The summed E-state index contributed by atoms with van der Waals surface area (Å²) in [6.45, 7) is 0. The Morgan fingerprint density at radius 2 is 2.24 bits per heavy atom. The summed E-state index contributed by atoms with van der Waals surface area (Å²) >= 11 is 3.38. The molecular formula is C12H11BrN2O2. The highest BCUT2D eigenvalue weighted by Crippen LogP contribution is 2.26. The van der Waals surface area contributed by atoms with E-state index >= 15 is 0 Å². The summed E-state index contributed by atoms with van der Waals surface area (Å²) < 4.78 is 5.17. The lowest BCUT2D eigenvalue weighted by atomic mass is 10.1. The van der Waals surface area contributed by atoms with E-state index < -0.39 is 5.91 Å². The maximum atomic E-state index is 11.1. The van der Waals surface area contributed by atoms with Gasteiger partial charge in [-0.3, -0.25) is 9.78 Å². The van der Waals surface area contributed by atoms with Gasteiger partial charge < -0.3 is 10.5 Å². The van der Waals surface area contributed by atoms with E-state index in [1.54, 1.807) is 13.2 Å². The molecule has 2 N–H and O–H groups in total. The molecule has 0 aliphatic carbocycles. The molecule has 1 heterocycles. The molecule has 2 aromatic rings. The Hall–Kier alpha value is -1.46. The van der Waals surface area contributed by atoms with Gasteiger partial charge in [-0.15, -0.1) is 0 Å². The Bertz CT molecular complexity index is 571. The second kappa shape index (κ2) is 4.81. The molecule has 5 heteroatoms. The van der Waals surface area contributed by atoms with Crippen LogP contribution in [-0.2, 0) is 4.74 Å². The van der Waals surface area contributed by atoms with E-state index in [0.717, 1.165) is 16.5 Å². The van der Waals surface area contributed by atoms with Gasteiger partial charge in [0.1, 0.15) is 5.01 Å². The molecule has 17 heavy (non-hydrogen) atoms. The van der Waals surface area contributed by atoms with Crippen molar-refractivity contribution >= 4 is 32.7 Å². The maximum Gasteiger partial charge on any atom is 0.250 e. The molecule has 1 aromatic heterocycles. The van der Waals surface area contributed by atoms with Crippen LogP contribution in [-0.4, -0.2) is 18.0 Å². The summed E-state index contributed by atoms with van der Waals surface area (Å²) in [6.07, 6.45) is 1.48. The molecule has 1 atom stereocenters. The molecule has 1 unspecified atom stereocenters. The first-order valence-electron chi connectivity index (χ1n) is 4.98. The topological polar surface area (TPSA) is 65.2 Å². The minimum Gasteiger partial charge on any atom is -0.366 e. The predicted octanol–water partition coefficient (Wildman–Crippen LogP) is 2.37. The van der Waals surface area contributed by atoms with Gasteiger partial charge in [0.2, 0.25) is 5.91 Å². The van der Waals surface area contributed by atoms with Crippen molar-refractivity contribution in [2.75, 3.05) is 7.11 Å². The lowest BCUT2D eigenvalue weighted by Gasteiger charge is -2.09. The van der Waals surface area contributed by atoms with Gasteiger partial charge in [-0.2, -0.15) is 0 Å². The van der Waals surface area contributed by atoms with Gasteiger partial charge in [0.05, 0.1) is 11.1 Å². The van der Waals surface area contributed by atoms with Crippen molar-refractivity contribution in [2.45, 2.75) is 5.01 Å². The molecule has 1 amide bonds. The van der Waals surface area contributed by atoms with Gasteiger partial charge in [-0.1, -0.05) is 22.0 Å². The number of pyridine rings is 1. The van der Waals surface area contributed by atoms with Crippen LogP contribution < -0.4 is 5.73 Å². The molecule has 1 aromatic carbocycles. The average molecular weight is 295 g/mol. The number of hydrogen-bond acceptors (Lipinski definition) is 3. The van der Waals surface area contributed by atoms with E-state index in [9.17, 15) is 4.79 Å². The Morgan fingerprint density at radius 3 is 2.88 bits per heavy atom. The third-order valence-corrected chi connectivity index (χ3v) is 3.36. The van der Waals surface area contributed by atoms with Gasteiger partial charge in [-0.05, 0) is 23.8 Å². The summed E-state index contributed by atoms with van der Waals surface area (Å²) in [4.78, 5) is 15.2. The fourth-order valence-corrected chi connectivity index (χ4v) is 1.85. The first-order valence-corrected chi connectivity index (χ1v) is 5.90. The summed E-state index contributed by atoms with van der Waals surface area (Å²) in [6, 6.07) is 7.44. The van der Waals surface area contributed by atoms with E-state index in [0.29, 0.717) is 5.56 Å². The molecule has 0 saturated carbocycles. The molecule has 88 valence electrons. The van der Waals surface area contributed by atoms with Crippen molar-refractivity contribution in [1.29, 1.82) is 0 Å². The summed E-state index contributed by atoms with van der Waals surface area (Å²) in [5, 5.41) is 0.685. The second-order valence-corrected chi connectivity index (χ2v) is 4.42. The fraction of sp³-hybridized carbons (Fsp3) is 0.167. The van der Waals surface area contributed by atoms with E-state index in [1.807, 2.05) is 18.2 Å². The van der Waals surface area contributed by atoms with Gasteiger partial charge >= 0.3 is 0 Å². The van der Waals surface area contributed by atoms with Gasteiger partial charge in [0.25, 0.3) is 0 Å². The van der Waals surface area contributed by atoms with Crippen LogP contribution in [0.3, 0.4) is 0 Å². The highest BCUT2D eigenvalue weighted by molar-refractivity contribution is 9.09. The van der Waals surface area contributed by atoms with Crippen molar-refractivity contribution < 1.29 is 9.53 Å². The number of ether oxygens (including phenoxy) is 1. The van der Waals surface area contributed by atoms with Crippen LogP contribution in [0.1, 0.15) is 20.9 Å². The van der Waals surface area contributed by atoms with Crippen LogP contribution in [0.4, 0.5) is 0 Å². The highest BCUT2D eigenvalue weighted by atomic mass is 79.9. The molecule has 0 aliphatic rings. The van der Waals surface area contributed by atoms with Gasteiger partial charge in [0, 0.05) is 18.7 Å². The number of halogens is 1. The van der Waals surface area contributed by atoms with Crippen LogP contribution >= 0.6 is 15.9 Å². The Labute approximate surface area is 107 Å². The number of rotatable bonds is 3. The number of methoxy groups -OCH3 is 1. The van der Waals surface area contributed by atoms with Crippen LogP contribution in [0.25, 0.3) is 10.9 Å². The van der Waals surface area contributed by atoms with Gasteiger partial charge in [-0.25, -0.2) is 0 Å². The number of carbonyl (C=O) groups is 1. The minimum absolute atomic E-state index is 0.177. The zero-order valence-electron chi connectivity index (χ0n) is 9.18. The van der Waals surface area contributed by atoms with E-state index in [1.165, 1.54) is 6.20 Å². The number of hydrogen-bond donors (Lipinski definition) is 1. The molecule has 0 spiro atoms. The number of alkyl halides is 1. The number of aromatic nitrogens is 1. The number of fused-ring (bicyclic) bond motifs is 1. The zero-order valence-corrected chi connectivity index (χ0v) is 10.8. The third-order valence-electron chi connectivity index (χ3n) is 2.46. The highest BCUT2D eigenvalue weighted by Gasteiger charge is 2.08. The number of nitrogens with two attached hydrogens (primary N) is 1. The SMILES string of the molecule is COC(Br)c1ccc2ncc(C(N)=O)cc2c1. The third kappa shape index (κ3) is 2.45. The van der Waals surface area contributed by atoms with E-state index in [-0.39, 0.29) is 5.01 Å². The number of amides is 1. The minimum atomic E-state index is -0.480. The van der Waals surface area contributed by atoms with Crippen LogP contribution in [0.5, 0.6) is 0 Å². The quantitative estimate of drug-likeness (QED) is 0.884. The molecule has 0 bridgehead atoms. The molecule has 0 radical (unpaired) electrons. The first-order chi connectivity index (χ1) is 8.11. The number of benzene rings is 1. The number of nitrogens with zero attached hydrogens (tertiary/aromatic N) is 1. The lowest BCUT2D eigenvalue weighted by Crippen LogP contribution is -2.11. The fourth-order valence-electron chi connectivity index (χ4n) is 1.56. The smallest absolute Gasteiger partial charge is 0.250 e. The van der Waals surface area contributed by atoms with E-state index in [2.05, 4.69) is 20.9 Å². The van der Waals surface area contributed by atoms with Crippen molar-refractivity contribution in [2.24, 2.45) is 5.73 Å². The Balaban J connectivity index is 2.54. The summed E-state index contributed by atoms with van der Waals surface area (Å²) in [5.74, 6) is -0.480. The van der Waals surface area contributed by atoms with Crippen LogP contribution in [0.2, 0.25) is 0 Å². The molecule has 0 saturated heterocycles. The number of primary amides is 1. The van der Waals surface area contributed by atoms with Crippen LogP contribution in [0, 0.1) is 0 Å². The van der Waals surface area contributed by atoms with Crippen molar-refractivity contribution in [3.63, 3.8) is 0 Å². The van der Waals surface area contributed by atoms with E-state index in [4.69, 9.17) is 10.5 Å². The largest absolute Gasteiger partial charge is 0.366 e. The summed E-state index contributed by atoms with van der Waals surface area (Å²) in [7, 11) is 1.61. The maximum absolute atomic E-state index is 11.1. The van der Waals surface area contributed by atoms with Crippen molar-refractivity contribution in [1.82, 2.24) is 4.98 Å². The molecule has 0 aliphatic heterocycles. The molecule has 4 nitrogen and oxygen atoms in total. The summed E-state index contributed by atoms with van der Waals surface area (Å²) in [5.41, 5.74) is 7.39. The molecule has 0 fully saturated rings. The Kier molecular flexibility index (Phi) is 3.40. The molecule has 2 rings (SSSR count). The normalized spacial score (nSPS) is 12.6. The lowest BCUT2D eigenvalue weighted by molar-refractivity contribution is 0.1000. The van der Waals surface area contributed by atoms with Crippen LogP contribution in [0.15, 0.2) is 30.5 Å². The van der Waals surface area contributed by atoms with Crippen molar-refractivity contribution in [3.05, 3.63) is 41.6 Å². The van der Waals surface area contributed by atoms with Gasteiger partial charge in [0.15, 0.2) is 0 Å². The first kappa shape index (κ1) is 12.0. The monoisotopic (exact) mass is 294 g/mol. The second-order valence-electron chi connectivity index (χ2n) is 3.59. The Morgan fingerprint density at radius 1 is 1.47 bits per heavy atom. The number of carbonyl (C=O) groups excluding carboxylic acids is 1. The molecular weight excluding hydrogens is 284 g/mol.